The summed E-state index contributed by atoms with van der Waals surface area (Å²) in [4.78, 5) is 44.1. The van der Waals surface area contributed by atoms with E-state index in [9.17, 15) is 14.4 Å². The van der Waals surface area contributed by atoms with Crippen LogP contribution in [0.4, 0.5) is 11.4 Å². The van der Waals surface area contributed by atoms with Gasteiger partial charge >= 0.3 is 5.97 Å². The van der Waals surface area contributed by atoms with Crippen molar-refractivity contribution in [3.8, 4) is 17.0 Å². The summed E-state index contributed by atoms with van der Waals surface area (Å²) in [5.74, 6) is -1.16. The number of fused-ring (bicyclic) bond motifs is 1. The van der Waals surface area contributed by atoms with E-state index in [1.165, 1.54) is 36.6 Å². The Hall–Kier alpha value is -5.02. The lowest BCUT2D eigenvalue weighted by Gasteiger charge is -2.12. The molecule has 5 aromatic rings. The highest BCUT2D eigenvalue weighted by Crippen LogP contribution is 2.35. The number of esters is 1. The van der Waals surface area contributed by atoms with Crippen LogP contribution in [0.5, 0.6) is 5.75 Å². The van der Waals surface area contributed by atoms with Gasteiger partial charge in [-0.1, -0.05) is 59.7 Å². The van der Waals surface area contributed by atoms with Gasteiger partial charge in [-0.25, -0.2) is 9.78 Å². The molecule has 0 fully saturated rings. The number of carbonyl (C=O) groups excluding carboxylic acids is 3. The van der Waals surface area contributed by atoms with Crippen molar-refractivity contribution in [1.82, 2.24) is 4.98 Å². The number of carbonyl (C=O) groups is 3. The number of ether oxygens (including phenoxy) is 2. The Kier molecular flexibility index (Phi) is 7.80. The van der Waals surface area contributed by atoms with Crippen LogP contribution in [-0.4, -0.2) is 36.4 Å². The summed E-state index contributed by atoms with van der Waals surface area (Å²) in [6.07, 6.45) is 0. The largest absolute Gasteiger partial charge is 0.495 e. The van der Waals surface area contributed by atoms with Crippen molar-refractivity contribution >= 4 is 50.6 Å². The van der Waals surface area contributed by atoms with E-state index in [-0.39, 0.29) is 21.9 Å². The molecule has 0 unspecified atom stereocenters. The number of methoxy groups -OCH3 is 1. The number of aryl methyl sites for hydroxylation is 2. The Morgan fingerprint density at radius 3 is 2.22 bits per heavy atom. The van der Waals surface area contributed by atoms with Crippen LogP contribution in [0.15, 0.2) is 78.9 Å². The van der Waals surface area contributed by atoms with Crippen molar-refractivity contribution in [3.05, 3.63) is 106 Å². The highest BCUT2D eigenvalue weighted by atomic mass is 32.1. The van der Waals surface area contributed by atoms with Gasteiger partial charge in [0.1, 0.15) is 15.5 Å². The van der Waals surface area contributed by atoms with E-state index in [2.05, 4.69) is 5.32 Å². The third-order valence-corrected chi connectivity index (χ3v) is 7.65. The molecule has 0 spiro atoms. The van der Waals surface area contributed by atoms with E-state index in [0.717, 1.165) is 22.4 Å². The molecule has 3 aromatic carbocycles. The zero-order chi connectivity index (χ0) is 29.1. The number of Topliss-reactive ketones (excluding diaryl/α,β-unsaturated/α-hetero) is 1. The first-order valence-corrected chi connectivity index (χ1v) is 13.6. The van der Waals surface area contributed by atoms with Crippen LogP contribution >= 0.6 is 11.3 Å². The summed E-state index contributed by atoms with van der Waals surface area (Å²) in [5, 5.41) is 3.47. The Bertz CT molecular complexity index is 1780. The second-order valence-corrected chi connectivity index (χ2v) is 10.5. The monoisotopic (exact) mass is 565 g/mol. The number of amides is 1. The third-order valence-electron chi connectivity index (χ3n) is 6.54. The minimum atomic E-state index is -0.710. The molecule has 0 aliphatic carbocycles. The van der Waals surface area contributed by atoms with Gasteiger partial charge in [-0.15, -0.1) is 11.3 Å². The van der Waals surface area contributed by atoms with Gasteiger partial charge in [0.25, 0.3) is 5.91 Å². The third kappa shape index (κ3) is 5.95. The Labute approximate surface area is 240 Å². The lowest BCUT2D eigenvalue weighted by molar-refractivity contribution is 0.0474. The Morgan fingerprint density at radius 2 is 1.54 bits per heavy atom. The number of pyridine rings is 1. The molecule has 0 saturated carbocycles. The molecular formula is C32H27N3O5S. The Balaban J connectivity index is 1.34. The summed E-state index contributed by atoms with van der Waals surface area (Å²) >= 11 is 1.18. The molecule has 0 bridgehead atoms. The summed E-state index contributed by atoms with van der Waals surface area (Å²) in [6.45, 7) is 3.53. The SMILES string of the molecule is COc1ccc(C(=O)OCC(=O)c2ccc(C)cc2)cc1NC(=O)c1sc2nc(-c3ccc(C)cc3)ccc2c1N. The van der Waals surface area contributed by atoms with Crippen LogP contribution in [0.25, 0.3) is 21.5 Å². The van der Waals surface area contributed by atoms with E-state index < -0.39 is 18.5 Å². The lowest BCUT2D eigenvalue weighted by atomic mass is 10.1. The first-order chi connectivity index (χ1) is 19.7. The summed E-state index contributed by atoms with van der Waals surface area (Å²) < 4.78 is 10.6. The number of ketones is 1. The average Bonchev–Trinajstić information content (AvgIpc) is 3.32. The number of anilines is 2. The molecule has 2 aromatic heterocycles. The van der Waals surface area contributed by atoms with Crippen LogP contribution in [0.2, 0.25) is 0 Å². The lowest BCUT2D eigenvalue weighted by Crippen LogP contribution is -2.16. The van der Waals surface area contributed by atoms with E-state index >= 15 is 0 Å². The first-order valence-electron chi connectivity index (χ1n) is 12.8. The summed E-state index contributed by atoms with van der Waals surface area (Å²) in [7, 11) is 1.45. The predicted molar refractivity (Wildman–Crippen MR) is 161 cm³/mol. The minimum Gasteiger partial charge on any atom is -0.495 e. The second-order valence-electron chi connectivity index (χ2n) is 9.49. The zero-order valence-electron chi connectivity index (χ0n) is 22.7. The number of thiophene rings is 1. The van der Waals surface area contributed by atoms with E-state index in [4.69, 9.17) is 20.2 Å². The van der Waals surface area contributed by atoms with Gasteiger partial charge in [0, 0.05) is 16.5 Å². The fraction of sp³-hybridized carbons (Fsp3) is 0.125. The molecule has 9 heteroatoms. The maximum absolute atomic E-state index is 13.3. The van der Waals surface area contributed by atoms with Crippen LogP contribution < -0.4 is 15.8 Å². The number of nitrogen functional groups attached to an aromatic ring is 1. The quantitative estimate of drug-likeness (QED) is 0.164. The molecular weight excluding hydrogens is 538 g/mol. The maximum Gasteiger partial charge on any atom is 0.338 e. The minimum absolute atomic E-state index is 0.145. The zero-order valence-corrected chi connectivity index (χ0v) is 23.5. The molecule has 5 rings (SSSR count). The van der Waals surface area contributed by atoms with Crippen LogP contribution in [0.1, 0.15) is 41.5 Å². The van der Waals surface area contributed by atoms with Crippen molar-refractivity contribution in [2.24, 2.45) is 0 Å². The molecule has 206 valence electrons. The van der Waals surface area contributed by atoms with Crippen molar-refractivity contribution < 1.29 is 23.9 Å². The van der Waals surface area contributed by atoms with Gasteiger partial charge in [0.2, 0.25) is 0 Å². The van der Waals surface area contributed by atoms with Crippen LogP contribution in [-0.2, 0) is 4.74 Å². The second kappa shape index (κ2) is 11.6. The Morgan fingerprint density at radius 1 is 0.878 bits per heavy atom. The fourth-order valence-corrected chi connectivity index (χ4v) is 5.19. The average molecular weight is 566 g/mol. The molecule has 1 amide bonds. The van der Waals surface area contributed by atoms with Gasteiger partial charge in [0.05, 0.1) is 29.7 Å². The van der Waals surface area contributed by atoms with Gasteiger partial charge in [-0.05, 0) is 44.2 Å². The van der Waals surface area contributed by atoms with Crippen LogP contribution in [0, 0.1) is 13.8 Å². The molecule has 0 saturated heterocycles. The van der Waals surface area contributed by atoms with Gasteiger partial charge < -0.3 is 20.5 Å². The van der Waals surface area contributed by atoms with Gasteiger partial charge in [-0.2, -0.15) is 0 Å². The molecule has 0 radical (unpaired) electrons. The smallest absolute Gasteiger partial charge is 0.338 e. The van der Waals surface area contributed by atoms with Crippen molar-refractivity contribution in [3.63, 3.8) is 0 Å². The van der Waals surface area contributed by atoms with Crippen molar-refractivity contribution in [1.29, 1.82) is 0 Å². The van der Waals surface area contributed by atoms with Crippen molar-refractivity contribution in [2.45, 2.75) is 13.8 Å². The number of nitrogens with two attached hydrogens (primary N) is 1. The van der Waals surface area contributed by atoms with Gasteiger partial charge in [-0.3, -0.25) is 9.59 Å². The maximum atomic E-state index is 13.3. The number of nitrogens with zero attached hydrogens (tertiary/aromatic N) is 1. The highest BCUT2D eigenvalue weighted by molar-refractivity contribution is 7.21. The van der Waals surface area contributed by atoms with E-state index in [1.807, 2.05) is 62.4 Å². The van der Waals surface area contributed by atoms with E-state index in [1.54, 1.807) is 12.1 Å². The number of rotatable bonds is 8. The molecule has 0 aliphatic heterocycles. The first kappa shape index (κ1) is 27.5. The van der Waals surface area contributed by atoms with Crippen LogP contribution in [0.3, 0.4) is 0 Å². The number of aromatic nitrogens is 1. The summed E-state index contributed by atoms with van der Waals surface area (Å²) in [5.41, 5.74) is 11.4. The molecule has 0 aliphatic rings. The normalized spacial score (nSPS) is 10.8. The van der Waals surface area contributed by atoms with E-state index in [0.29, 0.717) is 27.2 Å². The number of hydrogen-bond donors (Lipinski definition) is 2. The molecule has 3 N–H and O–H groups in total. The predicted octanol–water partition coefficient (Wildman–Crippen LogP) is 6.46. The molecule has 41 heavy (non-hydrogen) atoms. The van der Waals surface area contributed by atoms with Crippen molar-refractivity contribution in [2.75, 3.05) is 24.8 Å². The molecule has 8 nitrogen and oxygen atoms in total. The molecule has 0 atom stereocenters. The topological polar surface area (TPSA) is 121 Å². The summed E-state index contributed by atoms with van der Waals surface area (Å²) in [6, 6.07) is 23.2. The number of benzene rings is 3. The standard InChI is InChI=1S/C32H27N3O5S/c1-18-4-8-20(9-5-18)24-14-13-23-28(33)29(41-31(23)35-24)30(37)34-25-16-22(12-15-27(25)39-3)32(38)40-17-26(36)21-10-6-19(2)7-11-21/h4-16H,17,33H2,1-3H3,(H,34,37). The molecule has 2 heterocycles. The number of hydrogen-bond acceptors (Lipinski definition) is 8. The fourth-order valence-electron chi connectivity index (χ4n) is 4.20. The van der Waals surface area contributed by atoms with Gasteiger partial charge in [0.15, 0.2) is 12.4 Å². The number of nitrogens with one attached hydrogen (secondary N) is 1. The highest BCUT2D eigenvalue weighted by Gasteiger charge is 2.21.